The third kappa shape index (κ3) is 4.33. The van der Waals surface area contributed by atoms with Crippen molar-refractivity contribution >= 4 is 5.91 Å². The monoisotopic (exact) mass is 254 g/mol. The SMILES string of the molecule is CCNC(=O)CCOc1ccc(C(C)N)c(F)c1. The Labute approximate surface area is 106 Å². The lowest BCUT2D eigenvalue weighted by molar-refractivity contribution is -0.121. The number of amides is 1. The highest BCUT2D eigenvalue weighted by Crippen LogP contribution is 2.20. The molecule has 1 rings (SSSR count). The van der Waals surface area contributed by atoms with Crippen LogP contribution in [0.15, 0.2) is 18.2 Å². The van der Waals surface area contributed by atoms with Crippen molar-refractivity contribution in [2.24, 2.45) is 5.73 Å². The number of carbonyl (C=O) groups excluding carboxylic acids is 1. The third-order valence-corrected chi connectivity index (χ3v) is 2.43. The fourth-order valence-electron chi connectivity index (χ4n) is 1.51. The highest BCUT2D eigenvalue weighted by atomic mass is 19.1. The second-order valence-electron chi connectivity index (χ2n) is 4.02. The van der Waals surface area contributed by atoms with Gasteiger partial charge in [0.1, 0.15) is 11.6 Å². The summed E-state index contributed by atoms with van der Waals surface area (Å²) >= 11 is 0. The third-order valence-electron chi connectivity index (χ3n) is 2.43. The van der Waals surface area contributed by atoms with E-state index >= 15 is 0 Å². The lowest BCUT2D eigenvalue weighted by atomic mass is 10.1. The average Bonchev–Trinajstić information content (AvgIpc) is 2.29. The number of nitrogens with two attached hydrogens (primary N) is 1. The van der Waals surface area contributed by atoms with E-state index in [9.17, 15) is 9.18 Å². The van der Waals surface area contributed by atoms with Crippen LogP contribution >= 0.6 is 0 Å². The maximum atomic E-state index is 13.6. The van der Waals surface area contributed by atoms with Crippen LogP contribution in [0.3, 0.4) is 0 Å². The van der Waals surface area contributed by atoms with Gasteiger partial charge in [0.2, 0.25) is 5.91 Å². The summed E-state index contributed by atoms with van der Waals surface area (Å²) in [7, 11) is 0. The lowest BCUT2D eigenvalue weighted by Crippen LogP contribution is -2.24. The first kappa shape index (κ1) is 14.4. The summed E-state index contributed by atoms with van der Waals surface area (Å²) in [5.41, 5.74) is 6.05. The molecule has 0 aromatic heterocycles. The molecular weight excluding hydrogens is 235 g/mol. The summed E-state index contributed by atoms with van der Waals surface area (Å²) in [6.07, 6.45) is 0.254. The van der Waals surface area contributed by atoms with E-state index in [2.05, 4.69) is 5.32 Å². The molecule has 0 aliphatic carbocycles. The van der Waals surface area contributed by atoms with Crippen molar-refractivity contribution < 1.29 is 13.9 Å². The molecule has 18 heavy (non-hydrogen) atoms. The highest BCUT2D eigenvalue weighted by molar-refractivity contribution is 5.75. The lowest BCUT2D eigenvalue weighted by Gasteiger charge is -2.10. The molecule has 0 saturated carbocycles. The van der Waals surface area contributed by atoms with E-state index in [1.165, 1.54) is 6.07 Å². The molecule has 1 aromatic rings. The fourth-order valence-corrected chi connectivity index (χ4v) is 1.51. The van der Waals surface area contributed by atoms with E-state index in [0.717, 1.165) is 0 Å². The standard InChI is InChI=1S/C13H19FN2O2/c1-3-16-13(17)6-7-18-10-4-5-11(9(2)15)12(14)8-10/h4-5,8-9H,3,6-7,15H2,1-2H3,(H,16,17). The number of halogens is 1. The van der Waals surface area contributed by atoms with Crippen molar-refractivity contribution in [3.8, 4) is 5.75 Å². The Morgan fingerprint density at radius 2 is 2.28 bits per heavy atom. The minimum atomic E-state index is -0.388. The van der Waals surface area contributed by atoms with Gasteiger partial charge in [0.05, 0.1) is 13.0 Å². The Morgan fingerprint density at radius 1 is 1.56 bits per heavy atom. The van der Waals surface area contributed by atoms with Crippen molar-refractivity contribution in [3.05, 3.63) is 29.6 Å². The smallest absolute Gasteiger partial charge is 0.223 e. The van der Waals surface area contributed by atoms with Gasteiger partial charge in [0, 0.05) is 24.2 Å². The number of hydrogen-bond acceptors (Lipinski definition) is 3. The molecule has 0 aliphatic rings. The van der Waals surface area contributed by atoms with E-state index in [4.69, 9.17) is 10.5 Å². The van der Waals surface area contributed by atoms with Gasteiger partial charge in [-0.2, -0.15) is 0 Å². The first-order valence-electron chi connectivity index (χ1n) is 5.99. The van der Waals surface area contributed by atoms with Gasteiger partial charge in [-0.25, -0.2) is 4.39 Å². The van der Waals surface area contributed by atoms with Gasteiger partial charge in [-0.15, -0.1) is 0 Å². The van der Waals surface area contributed by atoms with Crippen LogP contribution in [0.4, 0.5) is 4.39 Å². The van der Waals surface area contributed by atoms with Gasteiger partial charge in [0.25, 0.3) is 0 Å². The first-order valence-corrected chi connectivity index (χ1v) is 5.99. The summed E-state index contributed by atoms with van der Waals surface area (Å²) in [6.45, 7) is 4.38. The number of ether oxygens (including phenoxy) is 1. The maximum Gasteiger partial charge on any atom is 0.223 e. The minimum Gasteiger partial charge on any atom is -0.493 e. The van der Waals surface area contributed by atoms with Crippen molar-refractivity contribution in [3.63, 3.8) is 0 Å². The largest absolute Gasteiger partial charge is 0.493 e. The molecule has 0 fully saturated rings. The zero-order valence-electron chi connectivity index (χ0n) is 10.7. The van der Waals surface area contributed by atoms with Crippen LogP contribution in [-0.4, -0.2) is 19.1 Å². The second kappa shape index (κ2) is 6.96. The van der Waals surface area contributed by atoms with Crippen LogP contribution in [0, 0.1) is 5.82 Å². The average molecular weight is 254 g/mol. The normalized spacial score (nSPS) is 12.0. The summed E-state index contributed by atoms with van der Waals surface area (Å²) in [5, 5.41) is 2.66. The minimum absolute atomic E-state index is 0.0785. The van der Waals surface area contributed by atoms with Gasteiger partial charge in [0.15, 0.2) is 0 Å². The quantitative estimate of drug-likeness (QED) is 0.813. The molecule has 100 valence electrons. The number of carbonyl (C=O) groups is 1. The number of nitrogens with one attached hydrogen (secondary N) is 1. The molecular formula is C13H19FN2O2. The Morgan fingerprint density at radius 3 is 2.83 bits per heavy atom. The molecule has 4 nitrogen and oxygen atoms in total. The zero-order chi connectivity index (χ0) is 13.5. The van der Waals surface area contributed by atoms with Gasteiger partial charge < -0.3 is 15.8 Å². The van der Waals surface area contributed by atoms with Gasteiger partial charge >= 0.3 is 0 Å². The summed E-state index contributed by atoms with van der Waals surface area (Å²) in [4.78, 5) is 11.2. The van der Waals surface area contributed by atoms with Crippen molar-refractivity contribution in [1.82, 2.24) is 5.32 Å². The van der Waals surface area contributed by atoms with Crippen molar-refractivity contribution in [2.45, 2.75) is 26.3 Å². The Kier molecular flexibility index (Phi) is 5.58. The maximum absolute atomic E-state index is 13.6. The van der Waals surface area contributed by atoms with Crippen molar-refractivity contribution in [1.29, 1.82) is 0 Å². The predicted molar refractivity (Wildman–Crippen MR) is 67.8 cm³/mol. The molecule has 0 bridgehead atoms. The van der Waals surface area contributed by atoms with Gasteiger partial charge in [-0.05, 0) is 19.9 Å². The number of hydrogen-bond donors (Lipinski definition) is 2. The van der Waals surface area contributed by atoms with Crippen LogP contribution in [0.25, 0.3) is 0 Å². The topological polar surface area (TPSA) is 64.3 Å². The molecule has 0 aliphatic heterocycles. The molecule has 0 heterocycles. The molecule has 1 unspecified atom stereocenters. The summed E-state index contributed by atoms with van der Waals surface area (Å²) < 4.78 is 18.9. The second-order valence-corrected chi connectivity index (χ2v) is 4.02. The molecule has 0 saturated heterocycles. The van der Waals surface area contributed by atoms with E-state index in [1.54, 1.807) is 19.1 Å². The predicted octanol–water partition coefficient (Wildman–Crippen LogP) is 1.75. The Hall–Kier alpha value is -1.62. The van der Waals surface area contributed by atoms with Crippen LogP contribution in [-0.2, 0) is 4.79 Å². The Bertz CT molecular complexity index is 408. The molecule has 0 spiro atoms. The summed E-state index contributed by atoms with van der Waals surface area (Å²) in [6, 6.07) is 4.19. The van der Waals surface area contributed by atoms with Crippen LogP contribution in [0.5, 0.6) is 5.75 Å². The van der Waals surface area contributed by atoms with E-state index < -0.39 is 0 Å². The zero-order valence-corrected chi connectivity index (χ0v) is 10.7. The van der Waals surface area contributed by atoms with Crippen LogP contribution in [0.2, 0.25) is 0 Å². The van der Waals surface area contributed by atoms with E-state index in [-0.39, 0.29) is 30.8 Å². The molecule has 1 atom stereocenters. The van der Waals surface area contributed by atoms with Crippen LogP contribution in [0.1, 0.15) is 31.9 Å². The molecule has 1 aromatic carbocycles. The first-order chi connectivity index (χ1) is 8.54. The highest BCUT2D eigenvalue weighted by Gasteiger charge is 2.08. The van der Waals surface area contributed by atoms with Crippen LogP contribution < -0.4 is 15.8 Å². The number of rotatable bonds is 6. The van der Waals surface area contributed by atoms with Gasteiger partial charge in [-0.1, -0.05) is 6.07 Å². The number of benzene rings is 1. The van der Waals surface area contributed by atoms with Gasteiger partial charge in [-0.3, -0.25) is 4.79 Å². The fraction of sp³-hybridized carbons (Fsp3) is 0.462. The van der Waals surface area contributed by atoms with Crippen molar-refractivity contribution in [2.75, 3.05) is 13.2 Å². The molecule has 3 N–H and O–H groups in total. The van der Waals surface area contributed by atoms with E-state index in [1.807, 2.05) is 6.92 Å². The summed E-state index contributed by atoms with van der Waals surface area (Å²) in [5.74, 6) is -0.0631. The molecule has 5 heteroatoms. The Balaban J connectivity index is 2.49. The molecule has 0 radical (unpaired) electrons. The molecule has 1 amide bonds. The van der Waals surface area contributed by atoms with E-state index in [0.29, 0.717) is 17.9 Å².